The first kappa shape index (κ1) is 23.2. The summed E-state index contributed by atoms with van der Waals surface area (Å²) < 4.78 is 39.6. The number of alkyl halides is 3. The minimum absolute atomic E-state index is 0.144. The number of hydrogen-bond acceptors (Lipinski definition) is 2. The van der Waals surface area contributed by atoms with Crippen LogP contribution in [-0.4, -0.2) is 53.1 Å². The molecule has 2 aromatic rings. The Morgan fingerprint density at radius 1 is 1.13 bits per heavy atom. The van der Waals surface area contributed by atoms with E-state index in [4.69, 9.17) is 23.2 Å². The average molecular weight is 475 g/mol. The summed E-state index contributed by atoms with van der Waals surface area (Å²) >= 11 is 11.6. The van der Waals surface area contributed by atoms with Gasteiger partial charge in [-0.25, -0.2) is 4.79 Å². The van der Waals surface area contributed by atoms with Gasteiger partial charge >= 0.3 is 12.3 Å². The van der Waals surface area contributed by atoms with E-state index in [1.54, 1.807) is 24.3 Å². The van der Waals surface area contributed by atoms with Gasteiger partial charge in [0.05, 0.1) is 10.6 Å². The second-order valence-corrected chi connectivity index (χ2v) is 8.19. The summed E-state index contributed by atoms with van der Waals surface area (Å²) in [5.74, 6) is -0.972. The summed E-state index contributed by atoms with van der Waals surface area (Å²) in [7, 11) is 1.51. The van der Waals surface area contributed by atoms with Crippen LogP contribution >= 0.6 is 23.2 Å². The van der Waals surface area contributed by atoms with Gasteiger partial charge in [0.1, 0.15) is 0 Å². The SMILES string of the molecule is CN(C(=O)c1ccc(Cl)c(C(F)(F)F)c1)[C@@H]1CCN(C(=O)O)C[C@H]1c1ccc(Cl)cc1. The zero-order valence-electron chi connectivity index (χ0n) is 16.4. The molecule has 0 unspecified atom stereocenters. The molecule has 2 atom stereocenters. The van der Waals surface area contributed by atoms with Gasteiger partial charge in [-0.1, -0.05) is 35.3 Å². The number of hydrogen-bond donors (Lipinski definition) is 1. The molecule has 1 aliphatic heterocycles. The van der Waals surface area contributed by atoms with Crippen LogP contribution in [0, 0.1) is 0 Å². The Hall–Kier alpha value is -2.45. The number of halogens is 5. The van der Waals surface area contributed by atoms with Gasteiger partial charge in [-0.3, -0.25) is 4.79 Å². The van der Waals surface area contributed by atoms with E-state index >= 15 is 0 Å². The summed E-state index contributed by atoms with van der Waals surface area (Å²) in [6.07, 6.45) is -5.43. The maximum absolute atomic E-state index is 13.2. The number of likely N-dealkylation sites (tertiary alicyclic amines) is 1. The topological polar surface area (TPSA) is 60.9 Å². The molecular formula is C21H19Cl2F3N2O3. The van der Waals surface area contributed by atoms with Gasteiger partial charge in [-0.05, 0) is 42.3 Å². The summed E-state index contributed by atoms with van der Waals surface area (Å²) in [6, 6.07) is 9.48. The van der Waals surface area contributed by atoms with E-state index in [9.17, 15) is 27.9 Å². The monoisotopic (exact) mass is 474 g/mol. The molecule has 0 spiro atoms. The smallest absolute Gasteiger partial charge is 0.417 e. The molecule has 5 nitrogen and oxygen atoms in total. The van der Waals surface area contributed by atoms with E-state index < -0.39 is 34.8 Å². The molecule has 31 heavy (non-hydrogen) atoms. The highest BCUT2D eigenvalue weighted by molar-refractivity contribution is 6.31. The van der Waals surface area contributed by atoms with Gasteiger partial charge in [0.15, 0.2) is 0 Å². The maximum Gasteiger partial charge on any atom is 0.417 e. The lowest BCUT2D eigenvalue weighted by atomic mass is 9.85. The standard InChI is InChI=1S/C21H19Cl2F3N2O3/c1-27(19(29)13-4-7-17(23)16(10-13)21(24,25)26)18-8-9-28(20(30)31)11-15(18)12-2-5-14(22)6-3-12/h2-7,10,15,18H,8-9,11H2,1H3,(H,30,31)/t15-,18+/m0/s1. The first-order chi connectivity index (χ1) is 14.5. The molecule has 1 N–H and O–H groups in total. The molecule has 0 radical (unpaired) electrons. The van der Waals surface area contributed by atoms with Crippen LogP contribution in [0.4, 0.5) is 18.0 Å². The molecule has 1 saturated heterocycles. The van der Waals surface area contributed by atoms with Crippen LogP contribution in [0.15, 0.2) is 42.5 Å². The quantitative estimate of drug-likeness (QED) is 0.627. The highest BCUT2D eigenvalue weighted by Gasteiger charge is 2.38. The van der Waals surface area contributed by atoms with Gasteiger partial charge in [0.2, 0.25) is 0 Å². The minimum Gasteiger partial charge on any atom is -0.465 e. The van der Waals surface area contributed by atoms with Crippen LogP contribution in [0.25, 0.3) is 0 Å². The fourth-order valence-corrected chi connectivity index (χ4v) is 4.19. The lowest BCUT2D eigenvalue weighted by Gasteiger charge is -2.42. The second kappa shape index (κ2) is 8.96. The van der Waals surface area contributed by atoms with E-state index in [1.807, 2.05) is 0 Å². The van der Waals surface area contributed by atoms with Crippen molar-refractivity contribution >= 4 is 35.2 Å². The highest BCUT2D eigenvalue weighted by Crippen LogP contribution is 2.36. The summed E-state index contributed by atoms with van der Waals surface area (Å²) in [5, 5.41) is 9.42. The minimum atomic E-state index is -4.69. The van der Waals surface area contributed by atoms with Crippen LogP contribution in [0.5, 0.6) is 0 Å². The number of amides is 2. The number of rotatable bonds is 3. The largest absolute Gasteiger partial charge is 0.465 e. The van der Waals surface area contributed by atoms with Crippen molar-refractivity contribution in [1.82, 2.24) is 9.80 Å². The highest BCUT2D eigenvalue weighted by atomic mass is 35.5. The predicted molar refractivity (Wildman–Crippen MR) is 111 cm³/mol. The van der Waals surface area contributed by atoms with Crippen LogP contribution in [0.2, 0.25) is 10.0 Å². The molecule has 2 aromatic carbocycles. The lowest BCUT2D eigenvalue weighted by Crippen LogP contribution is -2.51. The van der Waals surface area contributed by atoms with Crippen molar-refractivity contribution in [2.45, 2.75) is 24.6 Å². The molecule has 2 amide bonds. The van der Waals surface area contributed by atoms with E-state index in [1.165, 1.54) is 22.9 Å². The third-order valence-corrected chi connectivity index (χ3v) is 6.06. The molecular weight excluding hydrogens is 456 g/mol. The van der Waals surface area contributed by atoms with Gasteiger partial charge in [-0.15, -0.1) is 0 Å². The second-order valence-electron chi connectivity index (χ2n) is 7.35. The Morgan fingerprint density at radius 2 is 1.77 bits per heavy atom. The van der Waals surface area contributed by atoms with Crippen molar-refractivity contribution in [3.05, 3.63) is 69.2 Å². The maximum atomic E-state index is 13.2. The number of carbonyl (C=O) groups is 2. The normalized spacial score (nSPS) is 19.2. The summed E-state index contributed by atoms with van der Waals surface area (Å²) in [4.78, 5) is 27.2. The number of nitrogens with zero attached hydrogens (tertiary/aromatic N) is 2. The molecule has 1 aliphatic rings. The Kier molecular flexibility index (Phi) is 6.71. The molecule has 166 valence electrons. The number of benzene rings is 2. The van der Waals surface area contributed by atoms with Gasteiger partial charge in [-0.2, -0.15) is 13.2 Å². The fraction of sp³-hybridized carbons (Fsp3) is 0.333. The zero-order valence-corrected chi connectivity index (χ0v) is 17.9. The van der Waals surface area contributed by atoms with E-state index in [0.29, 0.717) is 11.4 Å². The first-order valence-corrected chi connectivity index (χ1v) is 10.1. The van der Waals surface area contributed by atoms with Crippen molar-refractivity contribution < 1.29 is 27.9 Å². The molecule has 3 rings (SSSR count). The fourth-order valence-electron chi connectivity index (χ4n) is 3.84. The average Bonchev–Trinajstić information content (AvgIpc) is 2.72. The Bertz CT molecular complexity index is 983. The Balaban J connectivity index is 1.92. The van der Waals surface area contributed by atoms with Gasteiger partial charge in [0, 0.05) is 42.7 Å². The number of likely N-dealkylation sites (N-methyl/N-ethyl adjacent to an activating group) is 1. The van der Waals surface area contributed by atoms with Crippen molar-refractivity contribution in [3.63, 3.8) is 0 Å². The number of piperidine rings is 1. The van der Waals surface area contributed by atoms with Crippen LogP contribution < -0.4 is 0 Å². The Labute approximate surface area is 187 Å². The number of carbonyl (C=O) groups excluding carboxylic acids is 1. The lowest BCUT2D eigenvalue weighted by molar-refractivity contribution is -0.137. The Morgan fingerprint density at radius 3 is 2.35 bits per heavy atom. The first-order valence-electron chi connectivity index (χ1n) is 9.36. The van der Waals surface area contributed by atoms with Crippen molar-refractivity contribution in [2.75, 3.05) is 20.1 Å². The van der Waals surface area contributed by atoms with E-state index in [2.05, 4.69) is 0 Å². The van der Waals surface area contributed by atoms with Crippen molar-refractivity contribution in [2.24, 2.45) is 0 Å². The van der Waals surface area contributed by atoms with E-state index in [0.717, 1.165) is 17.7 Å². The zero-order chi connectivity index (χ0) is 22.9. The van der Waals surface area contributed by atoms with E-state index in [-0.39, 0.29) is 24.6 Å². The summed E-state index contributed by atoms with van der Waals surface area (Å²) in [5.41, 5.74) is -0.440. The molecule has 1 heterocycles. The van der Waals surface area contributed by atoms with Gasteiger partial charge < -0.3 is 14.9 Å². The van der Waals surface area contributed by atoms with Crippen molar-refractivity contribution in [1.29, 1.82) is 0 Å². The van der Waals surface area contributed by atoms with Crippen LogP contribution in [-0.2, 0) is 6.18 Å². The molecule has 0 aliphatic carbocycles. The molecule has 1 fully saturated rings. The van der Waals surface area contributed by atoms with Crippen molar-refractivity contribution in [3.8, 4) is 0 Å². The number of carboxylic acid groups (broad SMARTS) is 1. The van der Waals surface area contributed by atoms with Gasteiger partial charge in [0.25, 0.3) is 5.91 Å². The van der Waals surface area contributed by atoms with Crippen LogP contribution in [0.3, 0.4) is 0 Å². The molecule has 0 saturated carbocycles. The molecule has 0 aromatic heterocycles. The summed E-state index contributed by atoms with van der Waals surface area (Å²) in [6.45, 7) is 0.351. The third-order valence-electron chi connectivity index (χ3n) is 5.48. The third kappa shape index (κ3) is 5.07. The van der Waals surface area contributed by atoms with Crippen LogP contribution in [0.1, 0.15) is 33.8 Å². The molecule has 0 bridgehead atoms. The predicted octanol–water partition coefficient (Wildman–Crippen LogP) is 5.62. The molecule has 10 heteroatoms.